The minimum atomic E-state index is -1.79. The number of hydrogen-bond donors (Lipinski definition) is 9. The Morgan fingerprint density at radius 3 is 1.10 bits per heavy atom. The van der Waals surface area contributed by atoms with Crippen LogP contribution in [0.3, 0.4) is 0 Å². The van der Waals surface area contributed by atoms with E-state index in [4.69, 9.17) is 18.9 Å². The molecule has 2 aliphatic heterocycles. The van der Waals surface area contributed by atoms with Crippen LogP contribution in [0.2, 0.25) is 0 Å². The molecule has 14 heteroatoms. The van der Waals surface area contributed by atoms with Gasteiger partial charge in [0.15, 0.2) is 12.6 Å². The molecule has 2 fully saturated rings. The van der Waals surface area contributed by atoms with E-state index in [1.165, 1.54) is 231 Å². The van der Waals surface area contributed by atoms with Crippen molar-refractivity contribution < 1.29 is 64.6 Å². The van der Waals surface area contributed by atoms with E-state index >= 15 is 0 Å². The Bertz CT molecular complexity index is 1940. The average molecular weight is 1360 g/mol. The second-order valence-electron chi connectivity index (χ2n) is 27.8. The summed E-state index contributed by atoms with van der Waals surface area (Å²) in [6.07, 6.45) is 75.1. The summed E-state index contributed by atoms with van der Waals surface area (Å²) < 4.78 is 22.9. The molecule has 14 nitrogen and oxygen atoms in total. The van der Waals surface area contributed by atoms with Gasteiger partial charge in [-0.25, -0.2) is 0 Å². The van der Waals surface area contributed by atoms with Gasteiger partial charge in [-0.3, -0.25) is 4.79 Å². The van der Waals surface area contributed by atoms with Gasteiger partial charge in [-0.15, -0.1) is 0 Å². The zero-order valence-electron chi connectivity index (χ0n) is 61.1. The molecule has 2 rings (SSSR count). The highest BCUT2D eigenvalue weighted by atomic mass is 16.7. The van der Waals surface area contributed by atoms with Crippen molar-refractivity contribution in [2.45, 2.75) is 408 Å². The van der Waals surface area contributed by atoms with Crippen LogP contribution in [0.1, 0.15) is 335 Å². The van der Waals surface area contributed by atoms with Gasteiger partial charge >= 0.3 is 0 Å². The van der Waals surface area contributed by atoms with Crippen LogP contribution in [0.15, 0.2) is 85.1 Å². The van der Waals surface area contributed by atoms with E-state index in [2.05, 4.69) is 92.1 Å². The lowest BCUT2D eigenvalue weighted by Gasteiger charge is -2.46. The highest BCUT2D eigenvalue weighted by molar-refractivity contribution is 5.76. The highest BCUT2D eigenvalue weighted by Gasteiger charge is 2.51. The first-order valence-corrected chi connectivity index (χ1v) is 39.8. The predicted octanol–water partition coefficient (Wildman–Crippen LogP) is 17.9. The van der Waals surface area contributed by atoms with Gasteiger partial charge in [0, 0.05) is 6.42 Å². The lowest BCUT2D eigenvalue weighted by Crippen LogP contribution is -2.65. The number of ether oxygens (including phenoxy) is 4. The van der Waals surface area contributed by atoms with Gasteiger partial charge in [0.2, 0.25) is 5.91 Å². The molecule has 2 aliphatic rings. The Morgan fingerprint density at radius 1 is 0.385 bits per heavy atom. The molecule has 0 aliphatic carbocycles. The Labute approximate surface area is 586 Å². The van der Waals surface area contributed by atoms with Crippen molar-refractivity contribution in [1.82, 2.24) is 5.32 Å². The third kappa shape index (κ3) is 48.1. The number of aliphatic hydroxyl groups is 8. The third-order valence-electron chi connectivity index (χ3n) is 19.1. The first-order chi connectivity index (χ1) is 47.1. The molecular formula is C82H147NO13. The zero-order chi connectivity index (χ0) is 69.4. The van der Waals surface area contributed by atoms with Gasteiger partial charge < -0.3 is 65.1 Å². The number of carbonyl (C=O) groups is 1. The molecule has 0 saturated carbocycles. The van der Waals surface area contributed by atoms with E-state index in [9.17, 15) is 45.6 Å². The van der Waals surface area contributed by atoms with Crippen LogP contribution in [0.4, 0.5) is 0 Å². The molecule has 0 bridgehead atoms. The van der Waals surface area contributed by atoms with Crippen molar-refractivity contribution in [3.8, 4) is 0 Å². The Balaban J connectivity index is 1.61. The highest BCUT2D eigenvalue weighted by Crippen LogP contribution is 2.30. The number of unbranched alkanes of at least 4 members (excludes halogenated alkanes) is 41. The summed E-state index contributed by atoms with van der Waals surface area (Å²) >= 11 is 0. The second-order valence-corrected chi connectivity index (χ2v) is 27.8. The van der Waals surface area contributed by atoms with Crippen molar-refractivity contribution >= 4 is 5.91 Å². The smallest absolute Gasteiger partial charge is 0.220 e. The Kier molecular flexibility index (Phi) is 60.9. The fourth-order valence-corrected chi connectivity index (χ4v) is 12.8. The molecule has 9 N–H and O–H groups in total. The standard InChI is InChI=1S/C82H147NO13/c1-3-5-7-9-11-13-15-17-19-21-23-25-27-29-30-31-32-33-34-35-36-37-38-39-40-42-44-46-48-50-52-54-56-58-60-62-64-66-74(87)83-70(69-93-81-79(92)77(90)80(73(68-85)95-81)96-82-78(91)76(89)75(88)72(67-84)94-82)71(86)65-63-61-59-57-55-53-51-49-47-45-43-41-28-26-24-22-20-18-16-14-12-10-8-6-4-2/h5,7,11,13,17,19,23,25,29-30,32-33,63,65,70-73,75-82,84-86,88-92H,3-4,6,8-10,12,14-16,18,20-22,24,26-28,31,34-62,64,66-69H2,1-2H3,(H,83,87)/b7-5-,13-11-,19-17-,25-23-,30-29-,33-32-,65-63+. The molecule has 0 radical (unpaired) electrons. The molecule has 0 spiro atoms. The first kappa shape index (κ1) is 89.3. The summed E-state index contributed by atoms with van der Waals surface area (Å²) in [6, 6.07) is -0.919. The lowest BCUT2D eigenvalue weighted by atomic mass is 9.97. The van der Waals surface area contributed by atoms with E-state index in [0.29, 0.717) is 6.42 Å². The molecule has 558 valence electrons. The zero-order valence-corrected chi connectivity index (χ0v) is 61.1. The molecule has 1 amide bonds. The van der Waals surface area contributed by atoms with E-state index in [1.807, 2.05) is 6.08 Å². The molecule has 96 heavy (non-hydrogen) atoms. The number of amides is 1. The average Bonchev–Trinajstić information content (AvgIpc) is 0.857. The number of hydrogen-bond acceptors (Lipinski definition) is 13. The van der Waals surface area contributed by atoms with Gasteiger partial charge in [-0.2, -0.15) is 0 Å². The van der Waals surface area contributed by atoms with Crippen molar-refractivity contribution in [1.29, 1.82) is 0 Å². The summed E-state index contributed by atoms with van der Waals surface area (Å²) in [5.41, 5.74) is 0. The van der Waals surface area contributed by atoms with E-state index < -0.39 is 86.8 Å². The molecule has 0 aromatic heterocycles. The molecule has 0 aromatic rings. The molecular weight excluding hydrogens is 1210 g/mol. The van der Waals surface area contributed by atoms with Gasteiger partial charge in [0.25, 0.3) is 0 Å². The minimum Gasteiger partial charge on any atom is -0.394 e. The van der Waals surface area contributed by atoms with Gasteiger partial charge in [0.05, 0.1) is 32.0 Å². The van der Waals surface area contributed by atoms with Crippen molar-refractivity contribution in [2.75, 3.05) is 19.8 Å². The lowest BCUT2D eigenvalue weighted by molar-refractivity contribution is -0.359. The third-order valence-corrected chi connectivity index (χ3v) is 19.1. The number of carbonyl (C=O) groups excluding carboxylic acids is 1. The van der Waals surface area contributed by atoms with Crippen molar-refractivity contribution in [3.05, 3.63) is 85.1 Å². The fourth-order valence-electron chi connectivity index (χ4n) is 12.8. The molecule has 12 unspecified atom stereocenters. The van der Waals surface area contributed by atoms with Crippen LogP contribution in [0.5, 0.6) is 0 Å². The maximum absolute atomic E-state index is 13.4. The van der Waals surface area contributed by atoms with Crippen molar-refractivity contribution in [2.24, 2.45) is 0 Å². The fraction of sp³-hybridized carbons (Fsp3) is 0.817. The molecule has 0 aromatic carbocycles. The number of rotatable bonds is 66. The monoisotopic (exact) mass is 1350 g/mol. The normalized spacial score (nSPS) is 22.7. The SMILES string of the molecule is CC/C=C\C/C=C\C/C=C\C/C=C\C/C=C\C/C=C\CCCCCCCCCCCCCCCCCCCCC(=O)NC(COC1OC(CO)C(OC2OC(CO)C(O)C(O)C2O)C(O)C1O)C(O)/C=C/CCCCCCCCCCCCCCCCCCCCCCCCC. The van der Waals surface area contributed by atoms with Gasteiger partial charge in [0.1, 0.15) is 48.8 Å². The Morgan fingerprint density at radius 2 is 0.719 bits per heavy atom. The largest absolute Gasteiger partial charge is 0.394 e. The van der Waals surface area contributed by atoms with E-state index in [0.717, 1.165) is 77.0 Å². The van der Waals surface area contributed by atoms with Crippen LogP contribution in [0, 0.1) is 0 Å². The maximum Gasteiger partial charge on any atom is 0.220 e. The van der Waals surface area contributed by atoms with Gasteiger partial charge in [-0.05, 0) is 70.6 Å². The topological polar surface area (TPSA) is 228 Å². The molecule has 2 saturated heterocycles. The molecule has 2 heterocycles. The van der Waals surface area contributed by atoms with Crippen molar-refractivity contribution in [3.63, 3.8) is 0 Å². The van der Waals surface area contributed by atoms with Crippen LogP contribution in [0.25, 0.3) is 0 Å². The maximum atomic E-state index is 13.4. The number of aliphatic hydroxyl groups excluding tert-OH is 8. The predicted molar refractivity (Wildman–Crippen MR) is 396 cm³/mol. The minimum absolute atomic E-state index is 0.236. The summed E-state index contributed by atoms with van der Waals surface area (Å²) in [5, 5.41) is 87.7. The van der Waals surface area contributed by atoms with Crippen LogP contribution >= 0.6 is 0 Å². The second kappa shape index (κ2) is 65.5. The van der Waals surface area contributed by atoms with Crippen LogP contribution in [-0.4, -0.2) is 140 Å². The van der Waals surface area contributed by atoms with Crippen LogP contribution in [-0.2, 0) is 23.7 Å². The quantitative estimate of drug-likeness (QED) is 0.0204. The Hall–Kier alpha value is -2.83. The van der Waals surface area contributed by atoms with Gasteiger partial charge in [-0.1, -0.05) is 343 Å². The van der Waals surface area contributed by atoms with Crippen LogP contribution < -0.4 is 5.32 Å². The summed E-state index contributed by atoms with van der Waals surface area (Å²) in [5.74, 6) is -0.236. The number of allylic oxidation sites excluding steroid dienone is 13. The summed E-state index contributed by atoms with van der Waals surface area (Å²) in [6.45, 7) is 2.73. The molecule has 12 atom stereocenters. The summed E-state index contributed by atoms with van der Waals surface area (Å²) in [7, 11) is 0. The summed E-state index contributed by atoms with van der Waals surface area (Å²) in [4.78, 5) is 13.4. The first-order valence-electron chi connectivity index (χ1n) is 39.8. The number of nitrogens with one attached hydrogen (secondary N) is 1. The van der Waals surface area contributed by atoms with E-state index in [-0.39, 0.29) is 18.9 Å². The van der Waals surface area contributed by atoms with E-state index in [1.54, 1.807) is 6.08 Å².